The molecule has 2 aromatic carbocycles. The average molecular weight is 456 g/mol. The Kier molecular flexibility index (Phi) is 6.53. The minimum Gasteiger partial charge on any atom is -0.485 e. The molecule has 33 heavy (non-hydrogen) atoms. The molecule has 0 radical (unpaired) electrons. The lowest BCUT2D eigenvalue weighted by Gasteiger charge is -2.25. The fourth-order valence-corrected chi connectivity index (χ4v) is 5.21. The van der Waals surface area contributed by atoms with Crippen LogP contribution in [0.15, 0.2) is 84.3 Å². The summed E-state index contributed by atoms with van der Waals surface area (Å²) in [7, 11) is 0. The number of H-pyrrole nitrogens is 1. The first-order valence-electron chi connectivity index (χ1n) is 11.2. The lowest BCUT2D eigenvalue weighted by molar-refractivity contribution is 0.0972. The fourth-order valence-electron chi connectivity index (χ4n) is 4.27. The van der Waals surface area contributed by atoms with Gasteiger partial charge in [-0.1, -0.05) is 30.3 Å². The number of rotatable bonds is 8. The number of hydrogen-bond donors (Lipinski definition) is 1. The number of ether oxygens (including phenoxy) is 1. The SMILES string of the molecule is O=C1CCCc2c1ccc(O[C@@H](Cc1ncc[nH]1)c1ccccc1)c2CSc1ccncc1. The van der Waals surface area contributed by atoms with E-state index in [9.17, 15) is 4.79 Å². The third-order valence-electron chi connectivity index (χ3n) is 5.93. The van der Waals surface area contributed by atoms with Gasteiger partial charge in [-0.3, -0.25) is 9.78 Å². The highest BCUT2D eigenvalue weighted by atomic mass is 32.2. The molecule has 0 amide bonds. The number of aromatic nitrogens is 3. The van der Waals surface area contributed by atoms with E-state index in [4.69, 9.17) is 4.74 Å². The summed E-state index contributed by atoms with van der Waals surface area (Å²) in [6, 6.07) is 18.2. The van der Waals surface area contributed by atoms with Crippen molar-refractivity contribution in [2.45, 2.75) is 42.4 Å². The molecular formula is C27H25N3O2S. The number of carbonyl (C=O) groups excluding carboxylic acids is 1. The lowest BCUT2D eigenvalue weighted by Crippen LogP contribution is -2.16. The van der Waals surface area contributed by atoms with Crippen molar-refractivity contribution in [2.24, 2.45) is 0 Å². The maximum Gasteiger partial charge on any atom is 0.163 e. The number of thioether (sulfide) groups is 1. The molecule has 166 valence electrons. The van der Waals surface area contributed by atoms with Crippen LogP contribution < -0.4 is 4.74 Å². The van der Waals surface area contributed by atoms with E-state index in [2.05, 4.69) is 27.1 Å². The second-order valence-corrected chi connectivity index (χ2v) is 9.12. The highest BCUT2D eigenvalue weighted by Crippen LogP contribution is 2.38. The molecule has 4 aromatic rings. The Bertz CT molecular complexity index is 1210. The third kappa shape index (κ3) is 5.01. The maximum atomic E-state index is 12.6. The topological polar surface area (TPSA) is 67.9 Å². The molecule has 0 unspecified atom stereocenters. The summed E-state index contributed by atoms with van der Waals surface area (Å²) >= 11 is 1.74. The first kappa shape index (κ1) is 21.5. The molecule has 0 saturated heterocycles. The number of aromatic amines is 1. The minimum absolute atomic E-state index is 0.195. The molecule has 5 nitrogen and oxygen atoms in total. The molecule has 2 aromatic heterocycles. The molecule has 5 rings (SSSR count). The highest BCUT2D eigenvalue weighted by molar-refractivity contribution is 7.98. The monoisotopic (exact) mass is 455 g/mol. The van der Waals surface area contributed by atoms with E-state index in [-0.39, 0.29) is 11.9 Å². The van der Waals surface area contributed by atoms with Gasteiger partial charge in [-0.15, -0.1) is 11.8 Å². The number of imidazole rings is 1. The number of Topliss-reactive ketones (excluding diaryl/α,β-unsaturated/α-hetero) is 1. The standard InChI is InChI=1S/C27H25N3O2S/c31-24-8-4-7-21-22(24)9-10-25(23(21)18-33-20-11-13-28-14-12-20)32-26(17-27-29-15-16-30-27)19-5-2-1-3-6-19/h1-3,5-6,9-16,26H,4,7-8,17-18H2,(H,29,30)/t26-/m0/s1. The van der Waals surface area contributed by atoms with Gasteiger partial charge in [0.1, 0.15) is 17.7 Å². The second-order valence-electron chi connectivity index (χ2n) is 8.07. The Morgan fingerprint density at radius 1 is 1.00 bits per heavy atom. The van der Waals surface area contributed by atoms with Gasteiger partial charge in [-0.05, 0) is 48.2 Å². The molecule has 0 spiro atoms. The van der Waals surface area contributed by atoms with Crippen LogP contribution in [0.3, 0.4) is 0 Å². The first-order chi connectivity index (χ1) is 16.3. The van der Waals surface area contributed by atoms with Crippen LogP contribution in [-0.2, 0) is 18.6 Å². The van der Waals surface area contributed by atoms with Gasteiger partial charge in [-0.2, -0.15) is 0 Å². The Morgan fingerprint density at radius 3 is 2.64 bits per heavy atom. The molecule has 0 fully saturated rings. The van der Waals surface area contributed by atoms with Crippen LogP contribution in [0.25, 0.3) is 0 Å². The number of fused-ring (bicyclic) bond motifs is 1. The molecule has 1 aliphatic rings. The number of benzene rings is 2. The summed E-state index contributed by atoms with van der Waals surface area (Å²) in [5.74, 6) is 2.68. The van der Waals surface area contributed by atoms with Crippen molar-refractivity contribution < 1.29 is 9.53 Å². The minimum atomic E-state index is -0.195. The van der Waals surface area contributed by atoms with Crippen molar-refractivity contribution in [1.82, 2.24) is 15.0 Å². The quantitative estimate of drug-likeness (QED) is 0.331. The molecule has 1 atom stereocenters. The van der Waals surface area contributed by atoms with Crippen LogP contribution in [0.1, 0.15) is 51.8 Å². The van der Waals surface area contributed by atoms with Crippen molar-refractivity contribution >= 4 is 17.5 Å². The predicted octanol–water partition coefficient (Wildman–Crippen LogP) is 5.98. The zero-order chi connectivity index (χ0) is 22.5. The molecule has 1 aliphatic carbocycles. The van der Waals surface area contributed by atoms with E-state index < -0.39 is 0 Å². The molecule has 2 heterocycles. The van der Waals surface area contributed by atoms with Crippen molar-refractivity contribution in [2.75, 3.05) is 0 Å². The van der Waals surface area contributed by atoms with Gasteiger partial charge in [0.05, 0.1) is 0 Å². The van der Waals surface area contributed by atoms with E-state index in [1.165, 1.54) is 0 Å². The number of ketones is 1. The van der Waals surface area contributed by atoms with Crippen molar-refractivity contribution in [1.29, 1.82) is 0 Å². The Morgan fingerprint density at radius 2 is 1.85 bits per heavy atom. The van der Waals surface area contributed by atoms with E-state index >= 15 is 0 Å². The van der Waals surface area contributed by atoms with E-state index in [1.54, 1.807) is 30.4 Å². The predicted molar refractivity (Wildman–Crippen MR) is 130 cm³/mol. The summed E-state index contributed by atoms with van der Waals surface area (Å²) in [4.78, 5) is 25.5. The van der Waals surface area contributed by atoms with E-state index in [1.807, 2.05) is 48.7 Å². The Balaban J connectivity index is 1.50. The zero-order valence-electron chi connectivity index (χ0n) is 18.2. The summed E-state index contributed by atoms with van der Waals surface area (Å²) in [6.45, 7) is 0. The smallest absolute Gasteiger partial charge is 0.163 e. The van der Waals surface area contributed by atoms with Crippen LogP contribution >= 0.6 is 11.8 Å². The maximum absolute atomic E-state index is 12.6. The largest absolute Gasteiger partial charge is 0.485 e. The van der Waals surface area contributed by atoms with Crippen LogP contribution in [0.5, 0.6) is 5.75 Å². The van der Waals surface area contributed by atoms with Crippen molar-refractivity contribution in [3.8, 4) is 5.75 Å². The summed E-state index contributed by atoms with van der Waals surface area (Å²) in [5.41, 5.74) is 4.19. The van der Waals surface area contributed by atoms with E-state index in [0.29, 0.717) is 12.8 Å². The number of pyridine rings is 1. The number of nitrogens with zero attached hydrogens (tertiary/aromatic N) is 2. The zero-order valence-corrected chi connectivity index (χ0v) is 19.1. The van der Waals surface area contributed by atoms with Gasteiger partial charge in [0.2, 0.25) is 0 Å². The summed E-state index contributed by atoms with van der Waals surface area (Å²) < 4.78 is 6.70. The molecule has 0 bridgehead atoms. The normalized spacial score (nSPS) is 14.0. The van der Waals surface area contributed by atoms with Crippen LogP contribution in [0.2, 0.25) is 0 Å². The van der Waals surface area contributed by atoms with Gasteiger partial charge in [0.15, 0.2) is 5.78 Å². The number of hydrogen-bond acceptors (Lipinski definition) is 5. The molecule has 0 saturated carbocycles. The number of carbonyl (C=O) groups is 1. The number of nitrogens with one attached hydrogen (secondary N) is 1. The molecule has 0 aliphatic heterocycles. The molecule has 1 N–H and O–H groups in total. The average Bonchev–Trinajstić information content (AvgIpc) is 3.37. The Hall–Kier alpha value is -3.38. The molecular weight excluding hydrogens is 430 g/mol. The lowest BCUT2D eigenvalue weighted by atomic mass is 9.87. The first-order valence-corrected chi connectivity index (χ1v) is 12.2. The van der Waals surface area contributed by atoms with Crippen molar-refractivity contribution in [3.05, 3.63) is 107 Å². The van der Waals surface area contributed by atoms with E-state index in [0.717, 1.165) is 57.3 Å². The third-order valence-corrected chi connectivity index (χ3v) is 6.96. The van der Waals surface area contributed by atoms with Crippen LogP contribution in [0.4, 0.5) is 0 Å². The van der Waals surface area contributed by atoms with Crippen molar-refractivity contribution in [3.63, 3.8) is 0 Å². The van der Waals surface area contributed by atoms with Gasteiger partial charge >= 0.3 is 0 Å². The van der Waals surface area contributed by atoms with Gasteiger partial charge < -0.3 is 9.72 Å². The Labute approximate surface area is 197 Å². The van der Waals surface area contributed by atoms with Gasteiger partial charge in [0, 0.05) is 59.4 Å². The summed E-state index contributed by atoms with van der Waals surface area (Å²) in [5, 5.41) is 0. The highest BCUT2D eigenvalue weighted by Gasteiger charge is 2.25. The van der Waals surface area contributed by atoms with Crippen LogP contribution in [0, 0.1) is 0 Å². The second kappa shape index (κ2) is 10.0. The van der Waals surface area contributed by atoms with Gasteiger partial charge in [0.25, 0.3) is 0 Å². The summed E-state index contributed by atoms with van der Waals surface area (Å²) in [6.07, 6.45) is 10.0. The molecule has 6 heteroatoms. The van der Waals surface area contributed by atoms with Crippen LogP contribution in [-0.4, -0.2) is 20.7 Å². The van der Waals surface area contributed by atoms with Gasteiger partial charge in [-0.25, -0.2) is 4.98 Å². The fraction of sp³-hybridized carbons (Fsp3) is 0.222.